The lowest BCUT2D eigenvalue weighted by Crippen LogP contribution is -2.31. The van der Waals surface area contributed by atoms with Gasteiger partial charge in [0.2, 0.25) is 5.91 Å². The van der Waals surface area contributed by atoms with E-state index in [9.17, 15) is 13.6 Å². The third kappa shape index (κ3) is 3.78. The largest absolute Gasteiger partial charge is 0.338 e. The number of amides is 1. The van der Waals surface area contributed by atoms with Gasteiger partial charge in [0, 0.05) is 24.8 Å². The number of halogens is 3. The molecule has 1 amide bonds. The van der Waals surface area contributed by atoms with Crippen molar-refractivity contribution in [3.8, 4) is 0 Å². The highest BCUT2D eigenvalue weighted by Crippen LogP contribution is 2.30. The van der Waals surface area contributed by atoms with Crippen LogP contribution in [0.3, 0.4) is 0 Å². The molecular weight excluding hydrogens is 434 g/mol. The van der Waals surface area contributed by atoms with Crippen molar-refractivity contribution in [3.05, 3.63) is 39.4 Å². The van der Waals surface area contributed by atoms with Gasteiger partial charge in [-0.05, 0) is 42.8 Å². The van der Waals surface area contributed by atoms with Gasteiger partial charge in [0.05, 0.1) is 34.0 Å². The predicted octanol–water partition coefficient (Wildman–Crippen LogP) is 3.62. The maximum absolute atomic E-state index is 13.4. The van der Waals surface area contributed by atoms with Crippen LogP contribution in [-0.4, -0.2) is 42.4 Å². The molecule has 10 heteroatoms. The molecular formula is C18H21BrF2N6O. The molecule has 0 radical (unpaired) electrons. The van der Waals surface area contributed by atoms with E-state index in [-0.39, 0.29) is 18.0 Å². The summed E-state index contributed by atoms with van der Waals surface area (Å²) in [5.41, 5.74) is 1.96. The van der Waals surface area contributed by atoms with Crippen molar-refractivity contribution >= 4 is 32.9 Å². The first-order chi connectivity index (χ1) is 13.2. The molecule has 0 atom stereocenters. The molecule has 0 fully saturated rings. The van der Waals surface area contributed by atoms with E-state index >= 15 is 0 Å². The molecule has 0 saturated heterocycles. The fourth-order valence-corrected chi connectivity index (χ4v) is 3.60. The lowest BCUT2D eigenvalue weighted by Gasteiger charge is -2.18. The van der Waals surface area contributed by atoms with Gasteiger partial charge in [-0.2, -0.15) is 10.2 Å². The van der Waals surface area contributed by atoms with E-state index in [1.54, 1.807) is 36.7 Å². The van der Waals surface area contributed by atoms with Gasteiger partial charge in [-0.3, -0.25) is 9.48 Å². The first-order valence-electron chi connectivity index (χ1n) is 8.79. The normalized spacial score (nSPS) is 11.6. The van der Waals surface area contributed by atoms with Gasteiger partial charge < -0.3 is 4.90 Å². The minimum absolute atomic E-state index is 0.0855. The minimum Gasteiger partial charge on any atom is -0.338 e. The molecule has 3 rings (SSSR count). The number of aryl methyl sites for hydroxylation is 3. The van der Waals surface area contributed by atoms with Crippen molar-refractivity contribution in [2.24, 2.45) is 0 Å². The summed E-state index contributed by atoms with van der Waals surface area (Å²) in [6.07, 6.45) is -0.939. The highest BCUT2D eigenvalue weighted by atomic mass is 79.9. The Kier molecular flexibility index (Phi) is 5.78. The van der Waals surface area contributed by atoms with E-state index < -0.39 is 6.43 Å². The molecule has 3 aromatic heterocycles. The van der Waals surface area contributed by atoms with Gasteiger partial charge in [-0.25, -0.2) is 18.4 Å². The van der Waals surface area contributed by atoms with Crippen LogP contribution >= 0.6 is 15.9 Å². The molecule has 28 heavy (non-hydrogen) atoms. The predicted molar refractivity (Wildman–Crippen MR) is 104 cm³/mol. The summed E-state index contributed by atoms with van der Waals surface area (Å²) in [7, 11) is 1.68. The van der Waals surface area contributed by atoms with Crippen LogP contribution in [-0.2, 0) is 24.4 Å². The Hall–Kier alpha value is -2.36. The summed E-state index contributed by atoms with van der Waals surface area (Å²) in [6, 6.07) is 1.36. The zero-order valence-corrected chi connectivity index (χ0v) is 17.7. The second kappa shape index (κ2) is 7.94. The van der Waals surface area contributed by atoms with Crippen LogP contribution in [0, 0.1) is 13.8 Å². The molecule has 0 spiro atoms. The van der Waals surface area contributed by atoms with E-state index in [1.807, 2.05) is 6.92 Å². The standard InChI is InChI=1S/C18H21BrF2N6O/c1-5-26-14(13(19)7-22-26)8-25(4)15(28)9-27-18-16(11(3)24-27)12(17(20)21)6-10(2)23-18/h6-7,17H,5,8-9H2,1-4H3. The van der Waals surface area contributed by atoms with E-state index in [0.717, 1.165) is 10.2 Å². The quantitative estimate of drug-likeness (QED) is 0.570. The Labute approximate surface area is 169 Å². The van der Waals surface area contributed by atoms with Crippen LogP contribution in [0.1, 0.15) is 36.0 Å². The Bertz CT molecular complexity index is 1030. The van der Waals surface area contributed by atoms with Crippen LogP contribution in [0.5, 0.6) is 0 Å². The van der Waals surface area contributed by atoms with Crippen molar-refractivity contribution in [2.75, 3.05) is 7.05 Å². The summed E-state index contributed by atoms with van der Waals surface area (Å²) in [5.74, 6) is -0.206. The lowest BCUT2D eigenvalue weighted by atomic mass is 10.1. The summed E-state index contributed by atoms with van der Waals surface area (Å²) >= 11 is 3.45. The number of carbonyl (C=O) groups excluding carboxylic acids is 1. The third-order valence-corrected chi connectivity index (χ3v) is 5.23. The molecule has 0 aromatic carbocycles. The lowest BCUT2D eigenvalue weighted by molar-refractivity contribution is -0.131. The van der Waals surface area contributed by atoms with E-state index in [4.69, 9.17) is 0 Å². The molecule has 3 heterocycles. The second-order valence-electron chi connectivity index (χ2n) is 6.60. The Morgan fingerprint density at radius 3 is 2.68 bits per heavy atom. The van der Waals surface area contributed by atoms with Crippen LogP contribution < -0.4 is 0 Å². The van der Waals surface area contributed by atoms with Gasteiger partial charge in [0.1, 0.15) is 6.54 Å². The van der Waals surface area contributed by atoms with E-state index in [1.165, 1.54) is 10.7 Å². The number of rotatable bonds is 6. The topological polar surface area (TPSA) is 68.8 Å². The van der Waals surface area contributed by atoms with Crippen molar-refractivity contribution in [1.29, 1.82) is 0 Å². The maximum Gasteiger partial charge on any atom is 0.264 e. The van der Waals surface area contributed by atoms with E-state index in [0.29, 0.717) is 35.5 Å². The second-order valence-corrected chi connectivity index (χ2v) is 7.45. The van der Waals surface area contributed by atoms with Gasteiger partial charge in [0.15, 0.2) is 5.65 Å². The van der Waals surface area contributed by atoms with Crippen molar-refractivity contribution in [1.82, 2.24) is 29.4 Å². The van der Waals surface area contributed by atoms with E-state index in [2.05, 4.69) is 31.1 Å². The average Bonchev–Trinajstić information content (AvgIpc) is 3.14. The number of pyridine rings is 1. The number of likely N-dealkylation sites (N-methyl/N-ethyl adjacent to an activating group) is 1. The highest BCUT2D eigenvalue weighted by Gasteiger charge is 2.22. The number of carbonyl (C=O) groups is 1. The fraction of sp³-hybridized carbons (Fsp3) is 0.444. The van der Waals surface area contributed by atoms with Crippen molar-refractivity contribution in [2.45, 2.75) is 46.8 Å². The summed E-state index contributed by atoms with van der Waals surface area (Å²) in [5, 5.41) is 8.84. The molecule has 0 unspecified atom stereocenters. The highest BCUT2D eigenvalue weighted by molar-refractivity contribution is 9.10. The van der Waals surface area contributed by atoms with Crippen molar-refractivity contribution in [3.63, 3.8) is 0 Å². The smallest absolute Gasteiger partial charge is 0.264 e. The average molecular weight is 455 g/mol. The van der Waals surface area contributed by atoms with Gasteiger partial charge >= 0.3 is 0 Å². The zero-order valence-electron chi connectivity index (χ0n) is 16.1. The fourth-order valence-electron chi connectivity index (χ4n) is 3.18. The van der Waals surface area contributed by atoms with Crippen LogP contribution in [0.2, 0.25) is 0 Å². The number of alkyl halides is 2. The Morgan fingerprint density at radius 2 is 2.04 bits per heavy atom. The number of aromatic nitrogens is 5. The third-order valence-electron chi connectivity index (χ3n) is 4.57. The minimum atomic E-state index is -2.63. The monoisotopic (exact) mass is 454 g/mol. The summed E-state index contributed by atoms with van der Waals surface area (Å²) < 4.78 is 30.9. The molecule has 7 nitrogen and oxygen atoms in total. The Balaban J connectivity index is 1.88. The number of nitrogens with zero attached hydrogens (tertiary/aromatic N) is 6. The molecule has 0 N–H and O–H groups in total. The zero-order chi connectivity index (χ0) is 20.6. The van der Waals surface area contributed by atoms with Gasteiger partial charge in [0.25, 0.3) is 6.43 Å². The van der Waals surface area contributed by atoms with Crippen LogP contribution in [0.15, 0.2) is 16.7 Å². The molecule has 0 saturated carbocycles. The van der Waals surface area contributed by atoms with Crippen LogP contribution in [0.4, 0.5) is 8.78 Å². The Morgan fingerprint density at radius 1 is 1.32 bits per heavy atom. The molecule has 150 valence electrons. The molecule has 3 aromatic rings. The number of hydrogen-bond acceptors (Lipinski definition) is 4. The van der Waals surface area contributed by atoms with Crippen LogP contribution in [0.25, 0.3) is 11.0 Å². The van der Waals surface area contributed by atoms with Crippen molar-refractivity contribution < 1.29 is 13.6 Å². The molecule has 0 aliphatic carbocycles. The first kappa shape index (κ1) is 20.4. The molecule has 0 aliphatic heterocycles. The number of fused-ring (bicyclic) bond motifs is 1. The van der Waals surface area contributed by atoms with Gasteiger partial charge in [-0.1, -0.05) is 0 Å². The SMILES string of the molecule is CCn1ncc(Br)c1CN(C)C(=O)Cn1nc(C)c2c(C(F)F)cc(C)nc21. The number of hydrogen-bond donors (Lipinski definition) is 0. The first-order valence-corrected chi connectivity index (χ1v) is 9.59. The summed E-state index contributed by atoms with van der Waals surface area (Å²) in [4.78, 5) is 18.7. The molecule has 0 aliphatic rings. The summed E-state index contributed by atoms with van der Waals surface area (Å²) in [6.45, 7) is 6.23. The molecule has 0 bridgehead atoms. The maximum atomic E-state index is 13.4. The van der Waals surface area contributed by atoms with Gasteiger partial charge in [-0.15, -0.1) is 0 Å².